The highest BCUT2D eigenvalue weighted by Gasteiger charge is 2.45. The number of nitrogens with one attached hydrogen (secondary N) is 4. The summed E-state index contributed by atoms with van der Waals surface area (Å²) in [5, 5.41) is 17.8. The average molecular weight is 461 g/mol. The molecule has 0 aromatic rings. The minimum absolute atomic E-state index is 0.00786. The first-order valence-electron chi connectivity index (χ1n) is 11.6. The third-order valence-corrected chi connectivity index (χ3v) is 9.61. The zero-order valence-electron chi connectivity index (χ0n) is 19.0. The Labute approximate surface area is 186 Å². The fraction of sp³-hybridized carbons (Fsp3) is 1.00. The Morgan fingerprint density at radius 2 is 2.03 bits per heavy atom. The number of ether oxygens (including phenoxy) is 1. The number of likely N-dealkylation sites (N-methyl/N-ethyl adjacent to an activating group) is 1. The molecule has 6 unspecified atom stereocenters. The van der Waals surface area contributed by atoms with Gasteiger partial charge in [-0.2, -0.15) is 0 Å². The van der Waals surface area contributed by atoms with Gasteiger partial charge in [0.1, 0.15) is 5.25 Å². The van der Waals surface area contributed by atoms with Gasteiger partial charge in [-0.05, 0) is 51.0 Å². The minimum Gasteiger partial charge on any atom is -0.387 e. The molecule has 1 saturated carbocycles. The lowest BCUT2D eigenvalue weighted by atomic mass is 9.81. The van der Waals surface area contributed by atoms with Crippen molar-refractivity contribution in [3.05, 3.63) is 0 Å². The van der Waals surface area contributed by atoms with Gasteiger partial charge in [-0.25, -0.2) is 23.2 Å². The van der Waals surface area contributed by atoms with Gasteiger partial charge in [0.25, 0.3) is 0 Å². The number of fused-ring (bicyclic) bond motifs is 1. The molecule has 0 amide bonds. The van der Waals surface area contributed by atoms with Crippen LogP contribution in [0.4, 0.5) is 0 Å². The number of hydrogen-bond donors (Lipinski definition) is 5. The maximum Gasteiger partial charge on any atom is 0.217 e. The Balaban J connectivity index is 1.35. The lowest BCUT2D eigenvalue weighted by Gasteiger charge is -2.41. The van der Waals surface area contributed by atoms with Gasteiger partial charge in [-0.15, -0.1) is 0 Å². The maximum atomic E-state index is 13.2. The lowest BCUT2D eigenvalue weighted by Crippen LogP contribution is -2.57. The standard InChI is InChI=1S/C20H40N6O4S/c1-20(27,13-30-3)15-7-8-21-18(9-15)26-12-16(11-23-26)31(28,29)24-17-6-4-5-14-10-22-25(2)19(14)17/h14-19,21-24,27H,4-13H2,1-3H3/t14?,15?,16?,17?,18?,19?,20-/m1/s1. The molecule has 3 heterocycles. The number of piperidine rings is 1. The first-order chi connectivity index (χ1) is 14.7. The van der Waals surface area contributed by atoms with Crippen LogP contribution in [0, 0.1) is 11.8 Å². The summed E-state index contributed by atoms with van der Waals surface area (Å²) in [7, 11) is 0.167. The van der Waals surface area contributed by atoms with E-state index in [4.69, 9.17) is 4.74 Å². The molecule has 180 valence electrons. The van der Waals surface area contributed by atoms with Crippen molar-refractivity contribution in [1.82, 2.24) is 30.9 Å². The van der Waals surface area contributed by atoms with Crippen molar-refractivity contribution in [2.75, 3.05) is 46.9 Å². The van der Waals surface area contributed by atoms with Crippen LogP contribution in [0.5, 0.6) is 0 Å². The zero-order chi connectivity index (χ0) is 22.2. The van der Waals surface area contributed by atoms with Crippen molar-refractivity contribution in [3.8, 4) is 0 Å². The van der Waals surface area contributed by atoms with Crippen LogP contribution in [0.3, 0.4) is 0 Å². The number of hydrazine groups is 2. The molecule has 4 fully saturated rings. The van der Waals surface area contributed by atoms with Crippen molar-refractivity contribution in [3.63, 3.8) is 0 Å². The Morgan fingerprint density at radius 3 is 2.81 bits per heavy atom. The number of hydrogen-bond acceptors (Lipinski definition) is 9. The second-order valence-electron chi connectivity index (χ2n) is 10.0. The minimum atomic E-state index is -3.45. The third kappa shape index (κ3) is 5.10. The molecule has 31 heavy (non-hydrogen) atoms. The topological polar surface area (TPSA) is 118 Å². The number of aliphatic hydroxyl groups is 1. The molecule has 0 radical (unpaired) electrons. The second kappa shape index (κ2) is 9.47. The van der Waals surface area contributed by atoms with Crippen LogP contribution >= 0.6 is 0 Å². The number of methoxy groups -OCH3 is 1. The summed E-state index contributed by atoms with van der Waals surface area (Å²) >= 11 is 0. The van der Waals surface area contributed by atoms with E-state index in [2.05, 4.69) is 25.9 Å². The molecule has 10 nitrogen and oxygen atoms in total. The van der Waals surface area contributed by atoms with Gasteiger partial charge in [-0.3, -0.25) is 10.9 Å². The molecule has 0 aromatic carbocycles. The molecular weight excluding hydrogens is 420 g/mol. The molecule has 11 heteroatoms. The molecule has 4 rings (SSSR count). The summed E-state index contributed by atoms with van der Waals surface area (Å²) in [5.74, 6) is 0.603. The summed E-state index contributed by atoms with van der Waals surface area (Å²) in [6.07, 6.45) is 4.71. The summed E-state index contributed by atoms with van der Waals surface area (Å²) in [4.78, 5) is 0. The summed E-state index contributed by atoms with van der Waals surface area (Å²) in [6, 6.07) is 0.178. The molecule has 0 aromatic heterocycles. The fourth-order valence-electron chi connectivity index (χ4n) is 6.00. The third-order valence-electron chi connectivity index (χ3n) is 7.79. The van der Waals surface area contributed by atoms with Crippen molar-refractivity contribution < 1.29 is 18.3 Å². The number of rotatable bonds is 7. The molecule has 7 atom stereocenters. The van der Waals surface area contributed by atoms with Gasteiger partial charge in [0.15, 0.2) is 0 Å². The number of sulfonamides is 1. The van der Waals surface area contributed by atoms with Crippen LogP contribution in [0.1, 0.15) is 39.0 Å². The first kappa shape index (κ1) is 23.8. The van der Waals surface area contributed by atoms with Gasteiger partial charge >= 0.3 is 0 Å². The van der Waals surface area contributed by atoms with E-state index < -0.39 is 20.9 Å². The van der Waals surface area contributed by atoms with Crippen molar-refractivity contribution in [1.29, 1.82) is 0 Å². The van der Waals surface area contributed by atoms with Gasteiger partial charge in [-0.1, -0.05) is 6.42 Å². The highest BCUT2D eigenvalue weighted by Crippen LogP contribution is 2.32. The molecule has 0 bridgehead atoms. The van der Waals surface area contributed by atoms with E-state index in [1.54, 1.807) is 7.11 Å². The van der Waals surface area contributed by atoms with E-state index in [1.807, 2.05) is 19.0 Å². The lowest BCUT2D eigenvalue weighted by molar-refractivity contribution is -0.0816. The smallest absolute Gasteiger partial charge is 0.217 e. The fourth-order valence-corrected chi connectivity index (χ4v) is 7.52. The van der Waals surface area contributed by atoms with Crippen LogP contribution in [0.15, 0.2) is 0 Å². The largest absolute Gasteiger partial charge is 0.387 e. The van der Waals surface area contributed by atoms with Crippen LogP contribution in [0.2, 0.25) is 0 Å². The SMILES string of the molecule is COC[C@@](C)(O)C1CCNC(N2CC(S(=O)(=O)NC3CCCC4CNN(C)C43)CN2)C1. The van der Waals surface area contributed by atoms with E-state index >= 15 is 0 Å². The predicted molar refractivity (Wildman–Crippen MR) is 118 cm³/mol. The first-order valence-corrected chi connectivity index (χ1v) is 13.2. The predicted octanol–water partition coefficient (Wildman–Crippen LogP) is -1.19. The van der Waals surface area contributed by atoms with E-state index in [9.17, 15) is 13.5 Å². The van der Waals surface area contributed by atoms with Crippen molar-refractivity contribution >= 4 is 10.0 Å². The summed E-state index contributed by atoms with van der Waals surface area (Å²) in [6.45, 7) is 4.67. The molecule has 3 aliphatic heterocycles. The van der Waals surface area contributed by atoms with Gasteiger partial charge in [0.2, 0.25) is 10.0 Å². The molecular formula is C20H40N6O4S. The molecule has 0 spiro atoms. The van der Waals surface area contributed by atoms with Crippen molar-refractivity contribution in [2.24, 2.45) is 11.8 Å². The van der Waals surface area contributed by atoms with Crippen LogP contribution in [-0.2, 0) is 14.8 Å². The highest BCUT2D eigenvalue weighted by atomic mass is 32.2. The Morgan fingerprint density at radius 1 is 1.23 bits per heavy atom. The highest BCUT2D eigenvalue weighted by molar-refractivity contribution is 7.90. The van der Waals surface area contributed by atoms with Crippen LogP contribution in [-0.4, -0.2) is 99.6 Å². The second-order valence-corrected chi connectivity index (χ2v) is 12.0. The Hall–Kier alpha value is -0.370. The van der Waals surface area contributed by atoms with Gasteiger partial charge in [0, 0.05) is 45.9 Å². The Bertz CT molecular complexity index is 720. The average Bonchev–Trinajstić information content (AvgIpc) is 3.37. The normalized spacial score (nSPS) is 40.0. The molecule has 1 aliphatic carbocycles. The number of nitrogens with zero attached hydrogens (tertiary/aromatic N) is 2. The molecule has 5 N–H and O–H groups in total. The quantitative estimate of drug-likeness (QED) is 0.319. The monoisotopic (exact) mass is 460 g/mol. The van der Waals surface area contributed by atoms with Crippen LogP contribution in [0.25, 0.3) is 0 Å². The molecule has 3 saturated heterocycles. The zero-order valence-corrected chi connectivity index (χ0v) is 19.8. The Kier molecular flexibility index (Phi) is 7.27. The van der Waals surface area contributed by atoms with Crippen LogP contribution < -0.4 is 20.9 Å². The van der Waals surface area contributed by atoms with E-state index in [0.717, 1.165) is 45.2 Å². The summed E-state index contributed by atoms with van der Waals surface area (Å²) in [5.41, 5.74) is 5.77. The summed E-state index contributed by atoms with van der Waals surface area (Å²) < 4.78 is 34.7. The molecule has 4 aliphatic rings. The van der Waals surface area contributed by atoms with E-state index in [1.165, 1.54) is 0 Å². The van der Waals surface area contributed by atoms with E-state index in [0.29, 0.717) is 25.6 Å². The van der Waals surface area contributed by atoms with E-state index in [-0.39, 0.29) is 24.2 Å². The maximum absolute atomic E-state index is 13.2. The van der Waals surface area contributed by atoms with Gasteiger partial charge in [0.05, 0.1) is 18.4 Å². The van der Waals surface area contributed by atoms with Gasteiger partial charge < -0.3 is 15.2 Å². The van der Waals surface area contributed by atoms with Crippen molar-refractivity contribution in [2.45, 2.75) is 68.1 Å².